The minimum Gasteiger partial charge on any atom is -0.241 e. The van der Waals surface area contributed by atoms with Crippen molar-refractivity contribution in [3.8, 4) is 0 Å². The van der Waals surface area contributed by atoms with Gasteiger partial charge in [0.2, 0.25) is 0 Å². The number of pyridine rings is 1. The molecule has 0 radical (unpaired) electrons. The summed E-state index contributed by atoms with van der Waals surface area (Å²) in [6, 6.07) is 9.99. The van der Waals surface area contributed by atoms with Gasteiger partial charge in [0.25, 0.3) is 0 Å². The van der Waals surface area contributed by atoms with Crippen molar-refractivity contribution < 1.29 is 0 Å². The average Bonchev–Trinajstić information content (AvgIpc) is 2.56. The molecule has 0 amide bonds. The number of hydrogen-bond acceptors (Lipinski definition) is 3. The fraction of sp³-hybridized carbons (Fsp3) is 0.167. The Morgan fingerprint density at radius 2 is 2.04 bits per heavy atom. The highest BCUT2D eigenvalue weighted by Gasteiger charge is 2.06. The number of benzene rings is 1. The fourth-order valence-corrected chi connectivity index (χ4v) is 2.93. The molecule has 0 unspecified atom stereocenters. The van der Waals surface area contributed by atoms with Crippen molar-refractivity contribution in [3.05, 3.63) is 63.2 Å². The van der Waals surface area contributed by atoms with Crippen LogP contribution in [0, 0.1) is 0 Å². The summed E-state index contributed by atoms with van der Waals surface area (Å²) in [5.74, 6) is 0. The smallest absolute Gasteiger partial charge is 0.137 e. The Hall–Kier alpha value is -1.78. The van der Waals surface area contributed by atoms with Gasteiger partial charge >= 0.3 is 0 Å². The molecule has 3 nitrogen and oxygen atoms in total. The molecule has 0 aliphatic rings. The van der Waals surface area contributed by atoms with Crippen molar-refractivity contribution >= 4 is 50.1 Å². The summed E-state index contributed by atoms with van der Waals surface area (Å²) >= 11 is 9.82. The van der Waals surface area contributed by atoms with E-state index in [0.717, 1.165) is 44.3 Å². The Balaban J connectivity index is 2.06. The summed E-state index contributed by atoms with van der Waals surface area (Å²) in [6.07, 6.45) is 4.50. The van der Waals surface area contributed by atoms with Crippen molar-refractivity contribution in [3.63, 3.8) is 0 Å². The minimum atomic E-state index is 0.490. The Kier molecular flexibility index (Phi) is 4.74. The highest BCUT2D eigenvalue weighted by Crippen LogP contribution is 2.26. The number of fused-ring (bicyclic) bond motifs is 1. The van der Waals surface area contributed by atoms with E-state index in [-0.39, 0.29) is 0 Å². The third-order valence-corrected chi connectivity index (χ3v) is 4.42. The first kappa shape index (κ1) is 16.1. The van der Waals surface area contributed by atoms with E-state index >= 15 is 0 Å². The molecule has 3 rings (SSSR count). The lowest BCUT2D eigenvalue weighted by molar-refractivity contribution is 0.989. The zero-order chi connectivity index (χ0) is 16.4. The quantitative estimate of drug-likeness (QED) is 0.551. The molecular weight excluding hydrogens is 374 g/mol. The van der Waals surface area contributed by atoms with E-state index in [2.05, 4.69) is 37.8 Å². The van der Waals surface area contributed by atoms with Gasteiger partial charge in [-0.2, -0.15) is 0 Å². The largest absolute Gasteiger partial charge is 0.241 e. The monoisotopic (exact) mass is 387 g/mol. The van der Waals surface area contributed by atoms with Crippen LogP contribution >= 0.6 is 27.5 Å². The first-order valence-electron chi connectivity index (χ1n) is 7.32. The van der Waals surface area contributed by atoms with Gasteiger partial charge in [-0.1, -0.05) is 34.5 Å². The first-order chi connectivity index (χ1) is 11.1. The maximum atomic E-state index is 6.33. The maximum absolute atomic E-state index is 6.33. The van der Waals surface area contributed by atoms with Crippen LogP contribution in [-0.2, 0) is 6.42 Å². The Morgan fingerprint density at radius 3 is 2.83 bits per heavy atom. The molecule has 2 aromatic heterocycles. The van der Waals surface area contributed by atoms with Gasteiger partial charge in [-0.05, 0) is 55.3 Å². The second-order valence-corrected chi connectivity index (χ2v) is 6.55. The molecule has 116 valence electrons. The molecule has 0 saturated carbocycles. The summed E-state index contributed by atoms with van der Waals surface area (Å²) < 4.78 is 1.02. The van der Waals surface area contributed by atoms with Gasteiger partial charge in [0.1, 0.15) is 11.5 Å². The Labute approximate surface area is 148 Å². The van der Waals surface area contributed by atoms with Gasteiger partial charge in [0.05, 0.1) is 11.2 Å². The van der Waals surface area contributed by atoms with Crippen LogP contribution in [0.4, 0.5) is 0 Å². The SMILES string of the molecule is CCc1cc(/C(C)=C/c2cc3cc(Br)ccc3nc2Cl)ncn1. The number of halogens is 2. The van der Waals surface area contributed by atoms with Gasteiger partial charge in [-0.25, -0.2) is 15.0 Å². The lowest BCUT2D eigenvalue weighted by Crippen LogP contribution is -1.93. The van der Waals surface area contributed by atoms with Crippen LogP contribution < -0.4 is 0 Å². The summed E-state index contributed by atoms with van der Waals surface area (Å²) in [5.41, 5.74) is 4.71. The number of rotatable bonds is 3. The van der Waals surface area contributed by atoms with Gasteiger partial charge in [0, 0.05) is 21.1 Å². The Morgan fingerprint density at radius 1 is 1.22 bits per heavy atom. The molecule has 0 aliphatic heterocycles. The zero-order valence-electron chi connectivity index (χ0n) is 12.8. The molecule has 0 bridgehead atoms. The molecule has 0 atom stereocenters. The molecule has 0 saturated heterocycles. The van der Waals surface area contributed by atoms with Crippen molar-refractivity contribution in [2.75, 3.05) is 0 Å². The number of aryl methyl sites for hydroxylation is 1. The van der Waals surface area contributed by atoms with E-state index in [0.29, 0.717) is 5.15 Å². The van der Waals surface area contributed by atoms with Gasteiger partial charge < -0.3 is 0 Å². The second-order valence-electron chi connectivity index (χ2n) is 5.28. The van der Waals surface area contributed by atoms with E-state index in [4.69, 9.17) is 11.6 Å². The fourth-order valence-electron chi connectivity index (χ4n) is 2.36. The van der Waals surface area contributed by atoms with E-state index < -0.39 is 0 Å². The summed E-state index contributed by atoms with van der Waals surface area (Å²) in [4.78, 5) is 13.0. The normalized spacial score (nSPS) is 11.9. The second kappa shape index (κ2) is 6.77. The average molecular weight is 389 g/mol. The van der Waals surface area contributed by atoms with Crippen LogP contribution in [-0.4, -0.2) is 15.0 Å². The lowest BCUT2D eigenvalue weighted by Gasteiger charge is -2.06. The van der Waals surface area contributed by atoms with Crippen LogP contribution in [0.3, 0.4) is 0 Å². The molecule has 0 N–H and O–H groups in total. The lowest BCUT2D eigenvalue weighted by atomic mass is 10.1. The summed E-state index contributed by atoms with van der Waals surface area (Å²) in [6.45, 7) is 4.09. The van der Waals surface area contributed by atoms with E-state index in [1.165, 1.54) is 0 Å². The number of allylic oxidation sites excluding steroid dienone is 1. The van der Waals surface area contributed by atoms with Crippen LogP contribution in [0.25, 0.3) is 22.6 Å². The molecule has 0 fully saturated rings. The summed E-state index contributed by atoms with van der Waals surface area (Å²) in [7, 11) is 0. The molecule has 23 heavy (non-hydrogen) atoms. The predicted octanol–water partition coefficient (Wildman–Crippen LogP) is 5.56. The molecule has 0 spiro atoms. The van der Waals surface area contributed by atoms with Crippen molar-refractivity contribution in [1.29, 1.82) is 0 Å². The van der Waals surface area contributed by atoms with Gasteiger partial charge in [-0.3, -0.25) is 0 Å². The standard InChI is InChI=1S/C18H15BrClN3/c1-3-15-9-17(22-10-21-15)11(2)6-13-7-12-8-14(19)4-5-16(12)23-18(13)20/h4-10H,3H2,1-2H3/b11-6+. The van der Waals surface area contributed by atoms with Crippen LogP contribution in [0.1, 0.15) is 30.8 Å². The molecule has 5 heteroatoms. The van der Waals surface area contributed by atoms with Crippen LogP contribution in [0.5, 0.6) is 0 Å². The molecule has 3 aromatic rings. The maximum Gasteiger partial charge on any atom is 0.137 e. The highest BCUT2D eigenvalue weighted by atomic mass is 79.9. The van der Waals surface area contributed by atoms with Gasteiger partial charge in [-0.15, -0.1) is 0 Å². The third kappa shape index (κ3) is 3.59. The predicted molar refractivity (Wildman–Crippen MR) is 99.4 cm³/mol. The van der Waals surface area contributed by atoms with E-state index in [1.807, 2.05) is 43.3 Å². The number of hydrogen-bond donors (Lipinski definition) is 0. The molecule has 0 aliphatic carbocycles. The van der Waals surface area contributed by atoms with Crippen molar-refractivity contribution in [1.82, 2.24) is 15.0 Å². The molecule has 2 heterocycles. The number of nitrogens with zero attached hydrogens (tertiary/aromatic N) is 3. The highest BCUT2D eigenvalue weighted by molar-refractivity contribution is 9.10. The third-order valence-electron chi connectivity index (χ3n) is 3.62. The summed E-state index contributed by atoms with van der Waals surface area (Å²) in [5, 5.41) is 1.53. The zero-order valence-corrected chi connectivity index (χ0v) is 15.2. The van der Waals surface area contributed by atoms with E-state index in [9.17, 15) is 0 Å². The molecular formula is C18H15BrClN3. The van der Waals surface area contributed by atoms with Gasteiger partial charge in [0.15, 0.2) is 0 Å². The Bertz CT molecular complexity index is 906. The first-order valence-corrected chi connectivity index (χ1v) is 8.49. The van der Waals surface area contributed by atoms with Crippen molar-refractivity contribution in [2.24, 2.45) is 0 Å². The molecule has 1 aromatic carbocycles. The number of aromatic nitrogens is 3. The van der Waals surface area contributed by atoms with Crippen LogP contribution in [0.2, 0.25) is 5.15 Å². The van der Waals surface area contributed by atoms with E-state index in [1.54, 1.807) is 6.33 Å². The van der Waals surface area contributed by atoms with Crippen LogP contribution in [0.15, 0.2) is 41.1 Å². The van der Waals surface area contributed by atoms with Crippen molar-refractivity contribution in [2.45, 2.75) is 20.3 Å². The topological polar surface area (TPSA) is 38.7 Å². The minimum absolute atomic E-state index is 0.490.